The topological polar surface area (TPSA) is 21.7 Å². The second-order valence-electron chi connectivity index (χ2n) is 8.18. The van der Waals surface area contributed by atoms with Crippen LogP contribution in [0.1, 0.15) is 29.9 Å². The highest BCUT2D eigenvalue weighted by Crippen LogP contribution is 2.31. The SMILES string of the molecule is Cc1ccccc1OCCCN1CCC(Oc2ccc(F)cc2)C(c2ccccc2)C1. The average molecular weight is 420 g/mol. The Morgan fingerprint density at radius 2 is 1.68 bits per heavy atom. The van der Waals surface area contributed by atoms with E-state index in [1.54, 1.807) is 12.1 Å². The first kappa shape index (κ1) is 21.4. The van der Waals surface area contributed by atoms with Crippen molar-refractivity contribution in [1.29, 1.82) is 0 Å². The summed E-state index contributed by atoms with van der Waals surface area (Å²) in [5.74, 6) is 1.73. The minimum atomic E-state index is -0.241. The fourth-order valence-electron chi connectivity index (χ4n) is 4.24. The standard InChI is InChI=1S/C27H30FNO2/c1-21-8-5-6-11-26(21)30-19-7-17-29-18-16-27(31-24-14-12-23(28)13-15-24)25(20-29)22-9-3-2-4-10-22/h2-6,8-15,25,27H,7,16-20H2,1H3. The molecular formula is C27H30FNO2. The first-order valence-corrected chi connectivity index (χ1v) is 11.1. The highest BCUT2D eigenvalue weighted by atomic mass is 19.1. The maximum atomic E-state index is 13.3. The number of halogens is 1. The minimum absolute atomic E-state index is 0.0762. The summed E-state index contributed by atoms with van der Waals surface area (Å²) in [6.07, 6.45) is 2.00. The van der Waals surface area contributed by atoms with Gasteiger partial charge < -0.3 is 14.4 Å². The molecule has 3 aromatic carbocycles. The number of ether oxygens (including phenoxy) is 2. The number of hydrogen-bond donors (Lipinski definition) is 0. The Labute approximate surface area is 184 Å². The lowest BCUT2D eigenvalue weighted by Gasteiger charge is -2.39. The molecule has 1 saturated heterocycles. The Morgan fingerprint density at radius 3 is 2.45 bits per heavy atom. The van der Waals surface area contributed by atoms with Gasteiger partial charge in [-0.2, -0.15) is 0 Å². The van der Waals surface area contributed by atoms with Crippen LogP contribution in [0, 0.1) is 12.7 Å². The van der Waals surface area contributed by atoms with Crippen LogP contribution in [0.2, 0.25) is 0 Å². The van der Waals surface area contributed by atoms with Crippen molar-refractivity contribution in [2.24, 2.45) is 0 Å². The largest absolute Gasteiger partial charge is 0.493 e. The molecule has 4 rings (SSSR count). The van der Waals surface area contributed by atoms with Crippen LogP contribution in [0.3, 0.4) is 0 Å². The van der Waals surface area contributed by atoms with Crippen LogP contribution in [0.15, 0.2) is 78.9 Å². The molecule has 2 atom stereocenters. The van der Waals surface area contributed by atoms with E-state index in [2.05, 4.69) is 42.2 Å². The van der Waals surface area contributed by atoms with E-state index in [-0.39, 0.29) is 17.8 Å². The number of nitrogens with zero attached hydrogens (tertiary/aromatic N) is 1. The smallest absolute Gasteiger partial charge is 0.123 e. The molecule has 3 aromatic rings. The zero-order chi connectivity index (χ0) is 21.5. The van der Waals surface area contributed by atoms with Gasteiger partial charge in [0, 0.05) is 25.6 Å². The summed E-state index contributed by atoms with van der Waals surface area (Å²) in [5.41, 5.74) is 2.46. The van der Waals surface area contributed by atoms with Gasteiger partial charge in [-0.05, 0) is 61.2 Å². The molecule has 0 aromatic heterocycles. The maximum absolute atomic E-state index is 13.3. The summed E-state index contributed by atoms with van der Waals surface area (Å²) >= 11 is 0. The number of hydrogen-bond acceptors (Lipinski definition) is 3. The lowest BCUT2D eigenvalue weighted by atomic mass is 9.87. The zero-order valence-corrected chi connectivity index (χ0v) is 18.0. The van der Waals surface area contributed by atoms with Gasteiger partial charge >= 0.3 is 0 Å². The molecule has 1 aliphatic rings. The molecule has 3 nitrogen and oxygen atoms in total. The highest BCUT2D eigenvalue weighted by Gasteiger charge is 2.31. The van der Waals surface area contributed by atoms with Gasteiger partial charge in [0.1, 0.15) is 23.4 Å². The van der Waals surface area contributed by atoms with E-state index in [1.807, 2.05) is 24.3 Å². The van der Waals surface area contributed by atoms with E-state index in [1.165, 1.54) is 23.3 Å². The van der Waals surface area contributed by atoms with Gasteiger partial charge in [0.25, 0.3) is 0 Å². The Hall–Kier alpha value is -2.85. The molecule has 0 N–H and O–H groups in total. The van der Waals surface area contributed by atoms with E-state index in [0.29, 0.717) is 6.61 Å². The van der Waals surface area contributed by atoms with Gasteiger partial charge in [0.05, 0.1) is 6.61 Å². The van der Waals surface area contributed by atoms with Crippen LogP contribution < -0.4 is 9.47 Å². The third-order valence-corrected chi connectivity index (χ3v) is 5.93. The van der Waals surface area contributed by atoms with Crippen LogP contribution in [0.4, 0.5) is 4.39 Å². The van der Waals surface area contributed by atoms with Gasteiger partial charge in [0.2, 0.25) is 0 Å². The van der Waals surface area contributed by atoms with Crippen molar-refractivity contribution in [3.63, 3.8) is 0 Å². The highest BCUT2D eigenvalue weighted by molar-refractivity contribution is 5.31. The summed E-state index contributed by atoms with van der Waals surface area (Å²) in [6.45, 7) is 5.72. The molecule has 0 aliphatic carbocycles. The van der Waals surface area contributed by atoms with Crippen molar-refractivity contribution < 1.29 is 13.9 Å². The molecule has 1 heterocycles. The van der Waals surface area contributed by atoms with Gasteiger partial charge in [0.15, 0.2) is 0 Å². The van der Waals surface area contributed by atoms with Crippen LogP contribution in [-0.2, 0) is 0 Å². The van der Waals surface area contributed by atoms with Crippen molar-refractivity contribution in [3.8, 4) is 11.5 Å². The van der Waals surface area contributed by atoms with Gasteiger partial charge in [-0.3, -0.25) is 0 Å². The number of aryl methyl sites for hydroxylation is 1. The lowest BCUT2D eigenvalue weighted by molar-refractivity contribution is 0.0749. The molecule has 162 valence electrons. The molecule has 0 radical (unpaired) electrons. The predicted molar refractivity (Wildman–Crippen MR) is 122 cm³/mol. The van der Waals surface area contributed by atoms with Crippen LogP contribution in [0.5, 0.6) is 11.5 Å². The maximum Gasteiger partial charge on any atom is 0.123 e. The summed E-state index contributed by atoms with van der Waals surface area (Å²) in [6, 6.07) is 25.0. The third-order valence-electron chi connectivity index (χ3n) is 5.93. The molecule has 0 amide bonds. The van der Waals surface area contributed by atoms with E-state index in [9.17, 15) is 4.39 Å². The number of piperidine rings is 1. The number of likely N-dealkylation sites (tertiary alicyclic amines) is 1. The van der Waals surface area contributed by atoms with E-state index in [4.69, 9.17) is 9.47 Å². The van der Waals surface area contributed by atoms with Crippen molar-refractivity contribution in [2.75, 3.05) is 26.2 Å². The lowest BCUT2D eigenvalue weighted by Crippen LogP contribution is -2.44. The summed E-state index contributed by atoms with van der Waals surface area (Å²) < 4.78 is 25.5. The Morgan fingerprint density at radius 1 is 0.935 bits per heavy atom. The second-order valence-corrected chi connectivity index (χ2v) is 8.18. The van der Waals surface area contributed by atoms with Crippen LogP contribution >= 0.6 is 0 Å². The van der Waals surface area contributed by atoms with Gasteiger partial charge in [-0.15, -0.1) is 0 Å². The molecular weight excluding hydrogens is 389 g/mol. The molecule has 1 fully saturated rings. The Bertz CT molecular complexity index is 945. The fourth-order valence-corrected chi connectivity index (χ4v) is 4.24. The molecule has 2 unspecified atom stereocenters. The first-order valence-electron chi connectivity index (χ1n) is 11.1. The van der Waals surface area contributed by atoms with Crippen molar-refractivity contribution in [1.82, 2.24) is 4.90 Å². The molecule has 31 heavy (non-hydrogen) atoms. The molecule has 1 aliphatic heterocycles. The number of para-hydroxylation sites is 1. The summed E-state index contributed by atoms with van der Waals surface area (Å²) in [5, 5.41) is 0. The molecule has 0 saturated carbocycles. The Balaban J connectivity index is 1.35. The van der Waals surface area contributed by atoms with Crippen molar-refractivity contribution >= 4 is 0 Å². The van der Waals surface area contributed by atoms with Crippen LogP contribution in [-0.4, -0.2) is 37.2 Å². The average Bonchev–Trinajstić information content (AvgIpc) is 2.80. The van der Waals surface area contributed by atoms with E-state index in [0.717, 1.165) is 44.0 Å². The van der Waals surface area contributed by atoms with Crippen molar-refractivity contribution in [2.45, 2.75) is 31.8 Å². The van der Waals surface area contributed by atoms with Crippen molar-refractivity contribution in [3.05, 3.63) is 95.8 Å². The summed E-state index contributed by atoms with van der Waals surface area (Å²) in [7, 11) is 0. The number of rotatable bonds is 8. The Kier molecular flexibility index (Phi) is 7.21. The number of benzene rings is 3. The molecule has 4 heteroatoms. The monoisotopic (exact) mass is 419 g/mol. The van der Waals surface area contributed by atoms with Gasteiger partial charge in [-0.25, -0.2) is 4.39 Å². The van der Waals surface area contributed by atoms with Gasteiger partial charge in [-0.1, -0.05) is 48.5 Å². The van der Waals surface area contributed by atoms with E-state index >= 15 is 0 Å². The normalized spacial score (nSPS) is 19.2. The minimum Gasteiger partial charge on any atom is -0.493 e. The molecule has 0 spiro atoms. The van der Waals surface area contributed by atoms with Crippen LogP contribution in [0.25, 0.3) is 0 Å². The quantitative estimate of drug-likeness (QED) is 0.428. The zero-order valence-electron chi connectivity index (χ0n) is 18.0. The molecule has 0 bridgehead atoms. The first-order chi connectivity index (χ1) is 15.2. The second kappa shape index (κ2) is 10.5. The summed E-state index contributed by atoms with van der Waals surface area (Å²) in [4.78, 5) is 2.50. The predicted octanol–water partition coefficient (Wildman–Crippen LogP) is 5.84. The van der Waals surface area contributed by atoms with E-state index < -0.39 is 0 Å². The third kappa shape index (κ3) is 5.86. The fraction of sp³-hybridized carbons (Fsp3) is 0.333.